The Morgan fingerprint density at radius 1 is 1.38 bits per heavy atom. The Morgan fingerprint density at radius 2 is 2.00 bits per heavy atom. The zero-order valence-electron chi connectivity index (χ0n) is 7.43. The topological polar surface area (TPSA) is 42.0 Å². The Hall–Kier alpha value is -1.22. The number of aromatic hydroxyl groups is 1. The molecule has 1 heterocycles. The molecular formula is C10H12O3. The third-order valence-corrected chi connectivity index (χ3v) is 2.09. The van der Waals surface area contributed by atoms with E-state index in [0.29, 0.717) is 12.7 Å². The van der Waals surface area contributed by atoms with Crippen LogP contribution in [0.4, 0.5) is 0 Å². The molecule has 0 aliphatic carbocycles. The maximum Gasteiger partial charge on any atom is 0.119 e. The maximum absolute atomic E-state index is 9.01. The van der Waals surface area contributed by atoms with Crippen LogP contribution in [0.1, 0.15) is 6.92 Å². The highest BCUT2D eigenvalue weighted by atomic mass is 16.6. The minimum atomic E-state index is 0.244. The van der Waals surface area contributed by atoms with Crippen molar-refractivity contribution in [3.63, 3.8) is 0 Å². The third kappa shape index (κ3) is 2.12. The summed E-state index contributed by atoms with van der Waals surface area (Å²) in [6.45, 7) is 2.61. The van der Waals surface area contributed by atoms with Gasteiger partial charge in [0.15, 0.2) is 0 Å². The highest BCUT2D eigenvalue weighted by Crippen LogP contribution is 2.23. The molecule has 0 radical (unpaired) electrons. The van der Waals surface area contributed by atoms with Crippen LogP contribution in [0.25, 0.3) is 0 Å². The maximum atomic E-state index is 9.01. The predicted molar refractivity (Wildman–Crippen MR) is 47.9 cm³/mol. The molecule has 70 valence electrons. The Labute approximate surface area is 76.9 Å². The number of hydrogen-bond acceptors (Lipinski definition) is 3. The van der Waals surface area contributed by atoms with Crippen molar-refractivity contribution in [3.05, 3.63) is 24.3 Å². The molecule has 1 aromatic rings. The summed E-state index contributed by atoms with van der Waals surface area (Å²) in [6.07, 6.45) is 0.575. The van der Waals surface area contributed by atoms with Gasteiger partial charge in [0.25, 0.3) is 0 Å². The normalized spacial score (nSPS) is 25.6. The van der Waals surface area contributed by atoms with Gasteiger partial charge in [0, 0.05) is 0 Å². The Kier molecular flexibility index (Phi) is 2.10. The quantitative estimate of drug-likeness (QED) is 0.718. The van der Waals surface area contributed by atoms with E-state index in [4.69, 9.17) is 14.6 Å². The van der Waals surface area contributed by atoms with Gasteiger partial charge in [-0.25, -0.2) is 0 Å². The standard InChI is InChI=1S/C10H12O3/c1-7-10(13-7)6-12-9-4-2-8(11)3-5-9/h2-5,7,10-11H,6H2,1H3. The van der Waals surface area contributed by atoms with Gasteiger partial charge in [0.2, 0.25) is 0 Å². The number of ether oxygens (including phenoxy) is 2. The first-order chi connectivity index (χ1) is 6.25. The molecule has 1 fully saturated rings. The average molecular weight is 180 g/mol. The summed E-state index contributed by atoms with van der Waals surface area (Å²) in [5.74, 6) is 1.02. The predicted octanol–water partition coefficient (Wildman–Crippen LogP) is 1.56. The second-order valence-corrected chi connectivity index (χ2v) is 3.18. The van der Waals surface area contributed by atoms with E-state index >= 15 is 0 Å². The molecule has 1 N–H and O–H groups in total. The van der Waals surface area contributed by atoms with Crippen molar-refractivity contribution in [1.29, 1.82) is 0 Å². The minimum absolute atomic E-state index is 0.244. The molecule has 1 aliphatic heterocycles. The minimum Gasteiger partial charge on any atom is -0.508 e. The third-order valence-electron chi connectivity index (χ3n) is 2.09. The fourth-order valence-corrected chi connectivity index (χ4v) is 1.13. The molecule has 13 heavy (non-hydrogen) atoms. The van der Waals surface area contributed by atoms with Crippen molar-refractivity contribution in [2.75, 3.05) is 6.61 Å². The van der Waals surface area contributed by atoms with E-state index in [9.17, 15) is 0 Å². The summed E-state index contributed by atoms with van der Waals surface area (Å²) in [5, 5.41) is 9.01. The lowest BCUT2D eigenvalue weighted by molar-refractivity contribution is 0.260. The molecule has 1 aromatic carbocycles. The molecule has 3 nitrogen and oxygen atoms in total. The van der Waals surface area contributed by atoms with Crippen molar-refractivity contribution >= 4 is 0 Å². The number of benzene rings is 1. The van der Waals surface area contributed by atoms with E-state index in [1.54, 1.807) is 24.3 Å². The molecule has 0 aromatic heterocycles. The lowest BCUT2D eigenvalue weighted by Gasteiger charge is -2.03. The van der Waals surface area contributed by atoms with Gasteiger partial charge < -0.3 is 14.6 Å². The van der Waals surface area contributed by atoms with Gasteiger partial charge in [-0.3, -0.25) is 0 Å². The van der Waals surface area contributed by atoms with Crippen LogP contribution >= 0.6 is 0 Å². The zero-order valence-corrected chi connectivity index (χ0v) is 7.43. The Balaban J connectivity index is 1.84. The second-order valence-electron chi connectivity index (χ2n) is 3.18. The number of rotatable bonds is 3. The molecule has 2 unspecified atom stereocenters. The number of epoxide rings is 1. The highest BCUT2D eigenvalue weighted by Gasteiger charge is 2.34. The fourth-order valence-electron chi connectivity index (χ4n) is 1.13. The summed E-state index contributed by atoms with van der Waals surface area (Å²) in [6, 6.07) is 6.68. The van der Waals surface area contributed by atoms with E-state index in [2.05, 4.69) is 0 Å². The summed E-state index contributed by atoms with van der Waals surface area (Å²) in [5.41, 5.74) is 0. The monoisotopic (exact) mass is 180 g/mol. The first kappa shape index (κ1) is 8.38. The number of hydrogen-bond donors (Lipinski definition) is 1. The van der Waals surface area contributed by atoms with E-state index in [0.717, 1.165) is 5.75 Å². The lowest BCUT2D eigenvalue weighted by atomic mass is 10.3. The van der Waals surface area contributed by atoms with Crippen molar-refractivity contribution in [3.8, 4) is 11.5 Å². The molecule has 0 saturated carbocycles. The van der Waals surface area contributed by atoms with Crippen molar-refractivity contribution in [1.82, 2.24) is 0 Å². The summed E-state index contributed by atoms with van der Waals surface area (Å²) >= 11 is 0. The summed E-state index contributed by atoms with van der Waals surface area (Å²) in [7, 11) is 0. The summed E-state index contributed by atoms with van der Waals surface area (Å²) < 4.78 is 10.6. The van der Waals surface area contributed by atoms with E-state index in [-0.39, 0.29) is 11.9 Å². The SMILES string of the molecule is CC1OC1COc1ccc(O)cc1. The molecule has 3 heteroatoms. The highest BCUT2D eigenvalue weighted by molar-refractivity contribution is 5.30. The second kappa shape index (κ2) is 3.26. The largest absolute Gasteiger partial charge is 0.508 e. The molecule has 1 aliphatic rings. The van der Waals surface area contributed by atoms with E-state index in [1.807, 2.05) is 6.92 Å². The molecule has 1 saturated heterocycles. The average Bonchev–Trinajstić information content (AvgIpc) is 2.81. The molecule has 0 bridgehead atoms. The van der Waals surface area contributed by atoms with Crippen molar-refractivity contribution < 1.29 is 14.6 Å². The van der Waals surface area contributed by atoms with Crippen LogP contribution in [0.3, 0.4) is 0 Å². The van der Waals surface area contributed by atoms with Crippen LogP contribution < -0.4 is 4.74 Å². The molecule has 0 amide bonds. The van der Waals surface area contributed by atoms with Crippen molar-refractivity contribution in [2.45, 2.75) is 19.1 Å². The van der Waals surface area contributed by atoms with E-state index in [1.165, 1.54) is 0 Å². The number of phenolic OH excluding ortho intramolecular Hbond substituents is 1. The Morgan fingerprint density at radius 3 is 2.54 bits per heavy atom. The van der Waals surface area contributed by atoms with Gasteiger partial charge in [0.1, 0.15) is 24.2 Å². The lowest BCUT2D eigenvalue weighted by Crippen LogP contribution is -2.05. The smallest absolute Gasteiger partial charge is 0.119 e. The number of phenols is 1. The fraction of sp³-hybridized carbons (Fsp3) is 0.400. The molecule has 2 rings (SSSR count). The first-order valence-corrected chi connectivity index (χ1v) is 4.33. The van der Waals surface area contributed by atoms with Gasteiger partial charge in [-0.2, -0.15) is 0 Å². The van der Waals surface area contributed by atoms with Gasteiger partial charge >= 0.3 is 0 Å². The van der Waals surface area contributed by atoms with Gasteiger partial charge in [0.05, 0.1) is 6.10 Å². The van der Waals surface area contributed by atoms with Crippen LogP contribution in [0, 0.1) is 0 Å². The van der Waals surface area contributed by atoms with Crippen LogP contribution in [-0.2, 0) is 4.74 Å². The first-order valence-electron chi connectivity index (χ1n) is 4.33. The van der Waals surface area contributed by atoms with Gasteiger partial charge in [-0.05, 0) is 31.2 Å². The van der Waals surface area contributed by atoms with Crippen LogP contribution in [0.5, 0.6) is 11.5 Å². The summed E-state index contributed by atoms with van der Waals surface area (Å²) in [4.78, 5) is 0. The van der Waals surface area contributed by atoms with Gasteiger partial charge in [-0.1, -0.05) is 0 Å². The van der Waals surface area contributed by atoms with E-state index < -0.39 is 0 Å². The Bertz CT molecular complexity index is 281. The van der Waals surface area contributed by atoms with Crippen LogP contribution in [0.2, 0.25) is 0 Å². The van der Waals surface area contributed by atoms with Crippen LogP contribution in [-0.4, -0.2) is 23.9 Å². The van der Waals surface area contributed by atoms with Crippen LogP contribution in [0.15, 0.2) is 24.3 Å². The zero-order chi connectivity index (χ0) is 9.26. The molecule has 2 atom stereocenters. The van der Waals surface area contributed by atoms with Gasteiger partial charge in [-0.15, -0.1) is 0 Å². The molecular weight excluding hydrogens is 168 g/mol. The van der Waals surface area contributed by atoms with Crippen molar-refractivity contribution in [2.24, 2.45) is 0 Å². The molecule has 0 spiro atoms.